The molecule has 0 heterocycles. The van der Waals surface area contributed by atoms with Gasteiger partial charge in [-0.05, 0) is 68.5 Å². The Morgan fingerprint density at radius 3 is 2.45 bits per heavy atom. The molecule has 0 saturated carbocycles. The van der Waals surface area contributed by atoms with Crippen molar-refractivity contribution in [3.63, 3.8) is 0 Å². The van der Waals surface area contributed by atoms with Gasteiger partial charge in [0.15, 0.2) is 0 Å². The molecule has 40 heavy (non-hydrogen) atoms. The minimum absolute atomic E-state index is 0.0198. The second kappa shape index (κ2) is 14.8. The Morgan fingerprint density at radius 2 is 1.77 bits per heavy atom. The lowest BCUT2D eigenvalue weighted by molar-refractivity contribution is -0.143. The van der Waals surface area contributed by atoms with Crippen LogP contribution in [-0.4, -0.2) is 39.5 Å². The van der Waals surface area contributed by atoms with Gasteiger partial charge in [0.1, 0.15) is 10.7 Å². The average Bonchev–Trinajstić information content (AvgIpc) is 2.92. The van der Waals surface area contributed by atoms with Gasteiger partial charge < -0.3 is 15.2 Å². The van der Waals surface area contributed by atoms with Crippen LogP contribution in [0.5, 0.6) is 0 Å². The van der Waals surface area contributed by atoms with Gasteiger partial charge in [-0.2, -0.15) is 0 Å². The van der Waals surface area contributed by atoms with E-state index in [1.165, 1.54) is 10.4 Å². The molecular weight excluding hydrogens is 550 g/mol. The van der Waals surface area contributed by atoms with Gasteiger partial charge in [-0.3, -0.25) is 14.5 Å². The van der Waals surface area contributed by atoms with Crippen LogP contribution in [-0.2, 0) is 37.3 Å². The van der Waals surface area contributed by atoms with Crippen LogP contribution in [0.4, 0.5) is 5.69 Å². The van der Waals surface area contributed by atoms with E-state index in [0.29, 0.717) is 50.3 Å². The van der Waals surface area contributed by atoms with E-state index < -0.39 is 16.1 Å². The molecule has 0 aromatic heterocycles. The van der Waals surface area contributed by atoms with Crippen LogP contribution in [0.2, 0.25) is 5.02 Å². The Balaban J connectivity index is 1.75. The molecule has 0 amide bonds. The largest absolute Gasteiger partial charge is 0.466 e. The van der Waals surface area contributed by atoms with Gasteiger partial charge in [0.2, 0.25) is 0 Å². The minimum atomic E-state index is -4.01. The third kappa shape index (κ3) is 8.55. The zero-order valence-corrected chi connectivity index (χ0v) is 24.4. The Bertz CT molecular complexity index is 1400. The van der Waals surface area contributed by atoms with Crippen molar-refractivity contribution in [2.45, 2.75) is 57.1 Å². The van der Waals surface area contributed by atoms with Crippen LogP contribution in [0.3, 0.4) is 0 Å². The predicted molar refractivity (Wildman–Crippen MR) is 158 cm³/mol. The van der Waals surface area contributed by atoms with Crippen molar-refractivity contribution in [3.8, 4) is 0 Å². The number of ether oxygens (including phenoxy) is 2. The van der Waals surface area contributed by atoms with Gasteiger partial charge in [0.05, 0.1) is 30.5 Å². The molecule has 1 unspecified atom stereocenters. The molecule has 3 aromatic rings. The number of rotatable bonds is 15. The number of hydrogen-bond acceptors (Lipinski definition) is 6. The van der Waals surface area contributed by atoms with Gasteiger partial charge in [0, 0.05) is 18.0 Å². The summed E-state index contributed by atoms with van der Waals surface area (Å²) in [4.78, 5) is 11.9. The number of carbonyl (C=O) groups is 1. The normalized spacial score (nSPS) is 12.1. The third-order valence-electron chi connectivity index (χ3n) is 6.32. The number of esters is 1. The molecule has 0 aliphatic heterocycles. The van der Waals surface area contributed by atoms with Crippen molar-refractivity contribution >= 4 is 39.1 Å². The van der Waals surface area contributed by atoms with Gasteiger partial charge in [0.25, 0.3) is 10.0 Å². The summed E-state index contributed by atoms with van der Waals surface area (Å²) in [5.41, 5.74) is 8.56. The number of nitrogens with zero attached hydrogens (tertiary/aromatic N) is 1. The lowest BCUT2D eigenvalue weighted by Gasteiger charge is -2.31. The summed E-state index contributed by atoms with van der Waals surface area (Å²) in [6, 6.07) is 20.6. The second-order valence-corrected chi connectivity index (χ2v) is 11.6. The van der Waals surface area contributed by atoms with Crippen LogP contribution in [0.15, 0.2) is 77.7 Å². The molecule has 0 fully saturated rings. The van der Waals surface area contributed by atoms with Gasteiger partial charge >= 0.3 is 5.97 Å². The molecule has 0 spiro atoms. The second-order valence-electron chi connectivity index (χ2n) is 9.36. The molecule has 8 nitrogen and oxygen atoms in total. The number of nitrogen functional groups attached to an aromatic ring is 1. The zero-order chi connectivity index (χ0) is 29.1. The van der Waals surface area contributed by atoms with Crippen molar-refractivity contribution in [1.82, 2.24) is 0 Å². The van der Waals surface area contributed by atoms with E-state index in [1.807, 2.05) is 37.3 Å². The number of nitrogens with two attached hydrogens (primary N) is 1. The SMILES string of the molecule is CCOC(=O)CCCC(C)N(c1cccc(COCCc2ccc(C(=N)N)cc2)c1)S(=O)(=O)c1ccccc1Cl. The summed E-state index contributed by atoms with van der Waals surface area (Å²) in [5.74, 6) is -0.272. The first-order valence-corrected chi connectivity index (χ1v) is 15.0. The number of anilines is 1. The van der Waals surface area contributed by atoms with Gasteiger partial charge in [-0.15, -0.1) is 0 Å². The predicted octanol–water partition coefficient (Wildman–Crippen LogP) is 5.70. The summed E-state index contributed by atoms with van der Waals surface area (Å²) in [7, 11) is -4.01. The molecular formula is C30H36ClN3O5S. The van der Waals surface area contributed by atoms with Crippen LogP contribution in [0.1, 0.15) is 49.8 Å². The van der Waals surface area contributed by atoms with E-state index >= 15 is 0 Å². The zero-order valence-electron chi connectivity index (χ0n) is 22.8. The smallest absolute Gasteiger partial charge is 0.305 e. The third-order valence-corrected chi connectivity index (χ3v) is 8.76. The Labute approximate surface area is 241 Å². The van der Waals surface area contributed by atoms with Gasteiger partial charge in [-0.25, -0.2) is 8.42 Å². The molecule has 3 N–H and O–H groups in total. The topological polar surface area (TPSA) is 123 Å². The highest BCUT2D eigenvalue weighted by molar-refractivity contribution is 7.93. The van der Waals surface area contributed by atoms with Crippen molar-refractivity contribution in [2.24, 2.45) is 5.73 Å². The van der Waals surface area contributed by atoms with E-state index in [9.17, 15) is 13.2 Å². The van der Waals surface area contributed by atoms with Crippen molar-refractivity contribution in [1.29, 1.82) is 5.41 Å². The van der Waals surface area contributed by atoms with Crippen LogP contribution < -0.4 is 10.0 Å². The van der Waals surface area contributed by atoms with E-state index in [-0.39, 0.29) is 28.1 Å². The summed E-state index contributed by atoms with van der Waals surface area (Å²) >= 11 is 6.31. The first-order chi connectivity index (χ1) is 19.1. The first kappa shape index (κ1) is 31.1. The maximum Gasteiger partial charge on any atom is 0.305 e. The van der Waals surface area contributed by atoms with Crippen LogP contribution in [0.25, 0.3) is 0 Å². The molecule has 1 atom stereocenters. The maximum absolute atomic E-state index is 13.9. The number of amidine groups is 1. The monoisotopic (exact) mass is 585 g/mol. The quantitative estimate of drug-likeness (QED) is 0.102. The van der Waals surface area contributed by atoms with Crippen molar-refractivity contribution in [3.05, 3.63) is 94.5 Å². The van der Waals surface area contributed by atoms with Crippen LogP contribution in [0, 0.1) is 5.41 Å². The van der Waals surface area contributed by atoms with E-state index in [4.69, 9.17) is 32.2 Å². The lowest BCUT2D eigenvalue weighted by Crippen LogP contribution is -2.39. The molecule has 214 valence electrons. The number of hydrogen-bond donors (Lipinski definition) is 2. The van der Waals surface area contributed by atoms with Crippen molar-refractivity contribution < 1.29 is 22.7 Å². The number of halogens is 1. The fourth-order valence-corrected chi connectivity index (χ4v) is 6.47. The molecule has 10 heteroatoms. The highest BCUT2D eigenvalue weighted by Gasteiger charge is 2.31. The fourth-order valence-electron chi connectivity index (χ4n) is 4.30. The van der Waals surface area contributed by atoms with Crippen molar-refractivity contribution in [2.75, 3.05) is 17.5 Å². The fraction of sp³-hybridized carbons (Fsp3) is 0.333. The summed E-state index contributed by atoms with van der Waals surface area (Å²) in [6.45, 7) is 4.65. The molecule has 0 bridgehead atoms. The van der Waals surface area contributed by atoms with E-state index in [0.717, 1.165) is 11.1 Å². The van der Waals surface area contributed by atoms with Crippen LogP contribution >= 0.6 is 11.6 Å². The summed E-state index contributed by atoms with van der Waals surface area (Å²) in [6.07, 6.45) is 1.82. The van der Waals surface area contributed by atoms with Gasteiger partial charge in [-0.1, -0.05) is 60.1 Å². The molecule has 0 aliphatic carbocycles. The molecule has 3 rings (SSSR count). The minimum Gasteiger partial charge on any atom is -0.466 e. The maximum atomic E-state index is 13.9. The lowest BCUT2D eigenvalue weighted by atomic mass is 10.1. The summed E-state index contributed by atoms with van der Waals surface area (Å²) in [5, 5.41) is 7.63. The first-order valence-electron chi connectivity index (χ1n) is 13.2. The highest BCUT2D eigenvalue weighted by atomic mass is 35.5. The highest BCUT2D eigenvalue weighted by Crippen LogP contribution is 2.32. The number of sulfonamides is 1. The average molecular weight is 586 g/mol. The number of nitrogens with one attached hydrogen (secondary N) is 1. The molecule has 0 aliphatic rings. The standard InChI is InChI=1S/C30H36ClN3O5S/c1-3-39-29(35)13-6-8-22(2)34(40(36,37)28-12-5-4-11-27(28)31)26-10-7-9-24(20-26)21-38-19-18-23-14-16-25(17-15-23)30(32)33/h4-5,7,9-12,14-17,20,22H,3,6,8,13,18-19,21H2,1-2H3,(H3,32,33). The molecule has 3 aromatic carbocycles. The van der Waals surface area contributed by atoms with E-state index in [1.54, 1.807) is 43.3 Å². The molecule has 0 saturated heterocycles. The Hall–Kier alpha value is -3.40. The van der Waals surface area contributed by atoms with E-state index in [2.05, 4.69) is 0 Å². The Kier molecular flexibility index (Phi) is 11.5. The molecule has 0 radical (unpaired) electrons. The summed E-state index contributed by atoms with van der Waals surface area (Å²) < 4.78 is 40.1. The Morgan fingerprint density at radius 1 is 1.05 bits per heavy atom. The number of carbonyl (C=O) groups excluding carboxylic acids is 1. The number of benzene rings is 3.